The average Bonchev–Trinajstić information content (AvgIpc) is 2.54. The molecule has 20 heavy (non-hydrogen) atoms. The van der Waals surface area contributed by atoms with Crippen LogP contribution < -0.4 is 14.5 Å². The first-order valence-corrected chi connectivity index (χ1v) is 6.82. The van der Waals surface area contributed by atoms with Crippen LogP contribution in [-0.4, -0.2) is 32.5 Å². The molecule has 1 heterocycles. The molecule has 0 aromatic heterocycles. The van der Waals surface area contributed by atoms with Crippen LogP contribution >= 0.6 is 0 Å². The molecule has 1 aromatic carbocycles. The van der Waals surface area contributed by atoms with E-state index in [4.69, 9.17) is 4.74 Å². The van der Waals surface area contributed by atoms with Crippen molar-refractivity contribution in [2.45, 2.75) is 20.3 Å². The average molecular weight is 276 g/mol. The molecule has 2 rings (SSSR count). The lowest BCUT2D eigenvalue weighted by Crippen LogP contribution is -2.40. The van der Waals surface area contributed by atoms with Gasteiger partial charge in [-0.3, -0.25) is 9.59 Å². The molecule has 0 radical (unpaired) electrons. The highest BCUT2D eigenvalue weighted by molar-refractivity contribution is 6.17. The van der Waals surface area contributed by atoms with Gasteiger partial charge < -0.3 is 14.5 Å². The number of hydrogen-bond acceptors (Lipinski definition) is 3. The van der Waals surface area contributed by atoms with Gasteiger partial charge in [0.2, 0.25) is 11.8 Å². The van der Waals surface area contributed by atoms with E-state index in [0.29, 0.717) is 24.4 Å². The van der Waals surface area contributed by atoms with E-state index in [1.54, 1.807) is 36.1 Å². The maximum atomic E-state index is 12.5. The number of carbonyl (C=O) groups is 2. The minimum Gasteiger partial charge on any atom is -0.497 e. The fourth-order valence-corrected chi connectivity index (χ4v) is 2.57. The number of methoxy groups -OCH3 is 1. The summed E-state index contributed by atoms with van der Waals surface area (Å²) in [5, 5.41) is 0. The van der Waals surface area contributed by atoms with Gasteiger partial charge in [0, 0.05) is 19.7 Å². The summed E-state index contributed by atoms with van der Waals surface area (Å²) >= 11 is 0. The highest BCUT2D eigenvalue weighted by atomic mass is 16.5. The van der Waals surface area contributed by atoms with Crippen molar-refractivity contribution in [3.63, 3.8) is 0 Å². The van der Waals surface area contributed by atoms with Crippen molar-refractivity contribution in [1.82, 2.24) is 0 Å². The third kappa shape index (κ3) is 2.13. The molecule has 0 fully saturated rings. The Morgan fingerprint density at radius 3 is 2.40 bits per heavy atom. The number of rotatable bonds is 3. The minimum absolute atomic E-state index is 0.129. The van der Waals surface area contributed by atoms with Crippen molar-refractivity contribution in [3.05, 3.63) is 18.2 Å². The van der Waals surface area contributed by atoms with Crippen LogP contribution in [0.1, 0.15) is 20.3 Å². The molecule has 0 bridgehead atoms. The summed E-state index contributed by atoms with van der Waals surface area (Å²) in [6.45, 7) is 4.31. The van der Waals surface area contributed by atoms with Crippen molar-refractivity contribution >= 4 is 23.2 Å². The number of nitrogens with zero attached hydrogens (tertiary/aromatic N) is 2. The Kier molecular flexibility index (Phi) is 3.97. The lowest BCUT2D eigenvalue weighted by molar-refractivity contribution is -0.131. The predicted molar refractivity (Wildman–Crippen MR) is 78.2 cm³/mol. The molecule has 1 aromatic rings. The first kappa shape index (κ1) is 14.4. The molecule has 0 N–H and O–H groups in total. The smallest absolute Gasteiger partial charge is 0.239 e. The summed E-state index contributed by atoms with van der Waals surface area (Å²) in [6.07, 6.45) is 0.504. The molecule has 0 saturated heterocycles. The van der Waals surface area contributed by atoms with E-state index in [1.165, 1.54) is 0 Å². The molecule has 108 valence electrons. The number of hydrogen-bond donors (Lipinski definition) is 0. The number of benzene rings is 1. The Bertz CT molecular complexity index is 542. The third-order valence-electron chi connectivity index (χ3n) is 3.75. The SMILES string of the molecule is CCC1C(=O)N(C)c2cc(OC)ccc2N(CC)C1=O. The van der Waals surface area contributed by atoms with Gasteiger partial charge >= 0.3 is 0 Å². The Balaban J connectivity index is 2.62. The second kappa shape index (κ2) is 5.53. The van der Waals surface area contributed by atoms with E-state index in [2.05, 4.69) is 0 Å². The highest BCUT2D eigenvalue weighted by Gasteiger charge is 2.37. The van der Waals surface area contributed by atoms with Gasteiger partial charge in [-0.1, -0.05) is 6.92 Å². The van der Waals surface area contributed by atoms with Crippen LogP contribution in [0.25, 0.3) is 0 Å². The van der Waals surface area contributed by atoms with Crippen molar-refractivity contribution in [2.24, 2.45) is 5.92 Å². The number of anilines is 2. The van der Waals surface area contributed by atoms with E-state index in [1.807, 2.05) is 19.9 Å². The molecular weight excluding hydrogens is 256 g/mol. The van der Waals surface area contributed by atoms with E-state index in [-0.39, 0.29) is 11.8 Å². The molecule has 5 nitrogen and oxygen atoms in total. The molecule has 1 atom stereocenters. The monoisotopic (exact) mass is 276 g/mol. The van der Waals surface area contributed by atoms with Gasteiger partial charge in [-0.25, -0.2) is 0 Å². The van der Waals surface area contributed by atoms with E-state index >= 15 is 0 Å². The van der Waals surface area contributed by atoms with E-state index in [0.717, 1.165) is 5.69 Å². The van der Waals surface area contributed by atoms with Gasteiger partial charge in [0.1, 0.15) is 11.7 Å². The second-order valence-electron chi connectivity index (χ2n) is 4.80. The van der Waals surface area contributed by atoms with Gasteiger partial charge in [-0.15, -0.1) is 0 Å². The van der Waals surface area contributed by atoms with Crippen LogP contribution in [0.5, 0.6) is 5.75 Å². The van der Waals surface area contributed by atoms with Gasteiger partial charge in [0.05, 0.1) is 18.5 Å². The lowest BCUT2D eigenvalue weighted by atomic mass is 10.0. The van der Waals surface area contributed by atoms with Gasteiger partial charge in [-0.2, -0.15) is 0 Å². The van der Waals surface area contributed by atoms with Crippen LogP contribution in [0.3, 0.4) is 0 Å². The van der Waals surface area contributed by atoms with Crippen LogP contribution in [0, 0.1) is 5.92 Å². The Labute approximate surface area is 119 Å². The molecule has 2 amide bonds. The topological polar surface area (TPSA) is 49.9 Å². The van der Waals surface area contributed by atoms with Gasteiger partial charge in [-0.05, 0) is 25.5 Å². The maximum absolute atomic E-state index is 12.5. The minimum atomic E-state index is -0.613. The number of fused-ring (bicyclic) bond motifs is 1. The summed E-state index contributed by atoms with van der Waals surface area (Å²) < 4.78 is 5.21. The second-order valence-corrected chi connectivity index (χ2v) is 4.80. The number of ether oxygens (including phenoxy) is 1. The normalized spacial score (nSPS) is 18.9. The summed E-state index contributed by atoms with van der Waals surface area (Å²) in [5.74, 6) is -0.237. The zero-order chi connectivity index (χ0) is 14.9. The molecule has 0 aliphatic carbocycles. The molecule has 1 aliphatic rings. The summed E-state index contributed by atoms with van der Waals surface area (Å²) in [4.78, 5) is 28.2. The zero-order valence-corrected chi connectivity index (χ0v) is 12.3. The summed E-state index contributed by atoms with van der Waals surface area (Å²) in [7, 11) is 3.29. The maximum Gasteiger partial charge on any atom is 0.239 e. The van der Waals surface area contributed by atoms with Crippen LogP contribution in [0.4, 0.5) is 11.4 Å². The highest BCUT2D eigenvalue weighted by Crippen LogP contribution is 2.37. The number of carbonyl (C=O) groups excluding carboxylic acids is 2. The first-order valence-electron chi connectivity index (χ1n) is 6.82. The molecular formula is C15H20N2O3. The quantitative estimate of drug-likeness (QED) is 0.794. The fourth-order valence-electron chi connectivity index (χ4n) is 2.57. The van der Waals surface area contributed by atoms with Crippen LogP contribution in [0.15, 0.2) is 18.2 Å². The molecule has 1 aliphatic heterocycles. The van der Waals surface area contributed by atoms with E-state index < -0.39 is 5.92 Å². The lowest BCUT2D eigenvalue weighted by Gasteiger charge is -2.23. The van der Waals surface area contributed by atoms with E-state index in [9.17, 15) is 9.59 Å². The van der Waals surface area contributed by atoms with Crippen molar-refractivity contribution in [3.8, 4) is 5.75 Å². The van der Waals surface area contributed by atoms with Crippen LogP contribution in [0.2, 0.25) is 0 Å². The van der Waals surface area contributed by atoms with Crippen molar-refractivity contribution in [1.29, 1.82) is 0 Å². The third-order valence-corrected chi connectivity index (χ3v) is 3.75. The Morgan fingerprint density at radius 2 is 1.85 bits per heavy atom. The predicted octanol–water partition coefficient (Wildman–Crippen LogP) is 2.05. The largest absolute Gasteiger partial charge is 0.497 e. The zero-order valence-electron chi connectivity index (χ0n) is 12.3. The van der Waals surface area contributed by atoms with Gasteiger partial charge in [0.25, 0.3) is 0 Å². The van der Waals surface area contributed by atoms with Crippen LogP contribution in [-0.2, 0) is 9.59 Å². The summed E-state index contributed by atoms with van der Waals surface area (Å²) in [5.41, 5.74) is 1.46. The molecule has 1 unspecified atom stereocenters. The van der Waals surface area contributed by atoms with Gasteiger partial charge in [0.15, 0.2) is 0 Å². The number of amides is 2. The Hall–Kier alpha value is -2.04. The molecule has 5 heteroatoms. The standard InChI is InChI=1S/C15H20N2O3/c1-5-11-14(18)16(3)13-9-10(20-4)7-8-12(13)17(6-2)15(11)19/h7-9,11H,5-6H2,1-4H3. The van der Waals surface area contributed by atoms with Crippen molar-refractivity contribution in [2.75, 3.05) is 30.5 Å². The summed E-state index contributed by atoms with van der Waals surface area (Å²) in [6, 6.07) is 5.43. The van der Waals surface area contributed by atoms with Crippen molar-refractivity contribution < 1.29 is 14.3 Å². The Morgan fingerprint density at radius 1 is 1.15 bits per heavy atom. The molecule has 0 spiro atoms. The first-order chi connectivity index (χ1) is 9.54. The molecule has 0 saturated carbocycles. The fraction of sp³-hybridized carbons (Fsp3) is 0.467.